The third-order valence-corrected chi connectivity index (χ3v) is 10.3. The van der Waals surface area contributed by atoms with Crippen LogP contribution in [-0.2, 0) is 19.7 Å². The minimum absolute atomic E-state index is 0.00423. The molecule has 1 saturated carbocycles. The molecule has 0 bridgehead atoms. The van der Waals surface area contributed by atoms with Crippen molar-refractivity contribution in [1.82, 2.24) is 0 Å². The molecule has 3 rings (SSSR count). The van der Waals surface area contributed by atoms with E-state index in [1.54, 1.807) is 36.4 Å². The van der Waals surface area contributed by atoms with Gasteiger partial charge in [0.25, 0.3) is 0 Å². The summed E-state index contributed by atoms with van der Waals surface area (Å²) in [7, 11) is -8.28. The van der Waals surface area contributed by atoms with Gasteiger partial charge < -0.3 is 0 Å². The molecule has 2 aromatic rings. The normalized spacial score (nSPS) is 19.0. The SMILES string of the molecule is CC(C)(C)C#C[C@H]1CC1(S(=O)(=O)c1ccccc1)S(=O)(=O)c1ccccc1. The molecule has 0 spiro atoms. The van der Waals surface area contributed by atoms with E-state index in [1.807, 2.05) is 20.8 Å². The van der Waals surface area contributed by atoms with Crippen LogP contribution in [0, 0.1) is 23.2 Å². The fraction of sp³-hybridized carbons (Fsp3) is 0.333. The average molecular weight is 403 g/mol. The fourth-order valence-electron chi connectivity index (χ4n) is 3.03. The molecule has 0 unspecified atom stereocenters. The van der Waals surface area contributed by atoms with Gasteiger partial charge in [0.1, 0.15) is 0 Å². The van der Waals surface area contributed by atoms with E-state index in [0.29, 0.717) is 0 Å². The Morgan fingerprint density at radius 1 is 0.815 bits per heavy atom. The van der Waals surface area contributed by atoms with E-state index in [1.165, 1.54) is 24.3 Å². The number of sulfone groups is 2. The first-order valence-corrected chi connectivity index (χ1v) is 11.6. The van der Waals surface area contributed by atoms with Crippen LogP contribution in [0.5, 0.6) is 0 Å². The van der Waals surface area contributed by atoms with E-state index in [4.69, 9.17) is 0 Å². The fourth-order valence-corrected chi connectivity index (χ4v) is 8.23. The zero-order valence-electron chi connectivity index (χ0n) is 15.5. The first-order valence-electron chi connectivity index (χ1n) is 8.64. The summed E-state index contributed by atoms with van der Waals surface area (Å²) in [4.78, 5) is 0.00845. The molecule has 1 fully saturated rings. The van der Waals surface area contributed by atoms with E-state index < -0.39 is 29.7 Å². The zero-order valence-corrected chi connectivity index (χ0v) is 17.1. The maximum atomic E-state index is 13.4. The molecule has 0 N–H and O–H groups in total. The Morgan fingerprint density at radius 2 is 1.22 bits per heavy atom. The summed E-state index contributed by atoms with van der Waals surface area (Å²) >= 11 is 0. The second-order valence-electron chi connectivity index (χ2n) is 7.72. The Hall–Kier alpha value is -2.10. The van der Waals surface area contributed by atoms with Crippen LogP contribution in [0.2, 0.25) is 0 Å². The van der Waals surface area contributed by atoms with Crippen LogP contribution in [0.1, 0.15) is 27.2 Å². The summed E-state index contributed by atoms with van der Waals surface area (Å²) in [6.45, 7) is 5.71. The van der Waals surface area contributed by atoms with Gasteiger partial charge in [0, 0.05) is 5.41 Å². The summed E-state index contributed by atoms with van der Waals surface area (Å²) in [6.07, 6.45) is -0.0233. The summed E-state index contributed by atoms with van der Waals surface area (Å²) in [6, 6.07) is 15.5. The highest BCUT2D eigenvalue weighted by Crippen LogP contribution is 2.58. The lowest BCUT2D eigenvalue weighted by Crippen LogP contribution is -2.35. The Labute approximate surface area is 161 Å². The number of rotatable bonds is 4. The van der Waals surface area contributed by atoms with Crippen LogP contribution >= 0.6 is 0 Å². The lowest BCUT2D eigenvalue weighted by Gasteiger charge is -2.18. The largest absolute Gasteiger partial charge is 0.222 e. The summed E-state index contributed by atoms with van der Waals surface area (Å²) in [5, 5.41) is 0. The molecule has 27 heavy (non-hydrogen) atoms. The van der Waals surface area contributed by atoms with E-state index in [2.05, 4.69) is 11.8 Å². The summed E-state index contributed by atoms with van der Waals surface area (Å²) < 4.78 is 51.8. The Bertz CT molecular complexity index is 1030. The first-order chi connectivity index (χ1) is 12.5. The van der Waals surface area contributed by atoms with Gasteiger partial charge in [-0.25, -0.2) is 16.8 Å². The second-order valence-corrected chi connectivity index (χ2v) is 12.4. The van der Waals surface area contributed by atoms with Crippen LogP contribution in [0.3, 0.4) is 0 Å². The second kappa shape index (κ2) is 6.50. The van der Waals surface area contributed by atoms with Crippen LogP contribution in [0.15, 0.2) is 70.5 Å². The molecule has 0 amide bonds. The third-order valence-electron chi connectivity index (χ3n) is 4.50. The summed E-state index contributed by atoms with van der Waals surface area (Å²) in [5.74, 6) is 5.18. The van der Waals surface area contributed by atoms with Crippen molar-refractivity contribution in [2.75, 3.05) is 0 Å². The van der Waals surface area contributed by atoms with Gasteiger partial charge >= 0.3 is 0 Å². The maximum absolute atomic E-state index is 13.4. The summed E-state index contributed by atoms with van der Waals surface area (Å²) in [5.41, 5.74) is -0.346. The third kappa shape index (κ3) is 3.30. The molecule has 2 aromatic carbocycles. The molecule has 6 heteroatoms. The molecule has 1 aliphatic rings. The lowest BCUT2D eigenvalue weighted by molar-refractivity contribution is 0.565. The zero-order chi connectivity index (χ0) is 19.9. The molecule has 0 aliphatic heterocycles. The van der Waals surface area contributed by atoms with Crippen LogP contribution in [0.25, 0.3) is 0 Å². The van der Waals surface area contributed by atoms with Crippen LogP contribution < -0.4 is 0 Å². The monoisotopic (exact) mass is 402 g/mol. The predicted molar refractivity (Wildman–Crippen MR) is 105 cm³/mol. The van der Waals surface area contributed by atoms with Gasteiger partial charge in [-0.15, -0.1) is 0 Å². The topological polar surface area (TPSA) is 68.3 Å². The first kappa shape index (κ1) is 19.7. The van der Waals surface area contributed by atoms with Crippen molar-refractivity contribution in [2.45, 2.75) is 41.1 Å². The predicted octanol–water partition coefficient (Wildman–Crippen LogP) is 3.70. The number of hydrogen-bond donors (Lipinski definition) is 0. The number of benzene rings is 2. The molecule has 4 nitrogen and oxygen atoms in total. The van der Waals surface area contributed by atoms with Gasteiger partial charge in [-0.2, -0.15) is 0 Å². The lowest BCUT2D eigenvalue weighted by atomic mass is 9.98. The minimum atomic E-state index is -4.14. The highest BCUT2D eigenvalue weighted by atomic mass is 32.3. The van der Waals surface area contributed by atoms with Crippen molar-refractivity contribution in [3.8, 4) is 11.8 Å². The van der Waals surface area contributed by atoms with E-state index in [0.717, 1.165) is 0 Å². The molecule has 0 aromatic heterocycles. The van der Waals surface area contributed by atoms with Gasteiger partial charge in [0.15, 0.2) is 23.8 Å². The van der Waals surface area contributed by atoms with Gasteiger partial charge in [-0.3, -0.25) is 0 Å². The van der Waals surface area contributed by atoms with Crippen molar-refractivity contribution in [3.63, 3.8) is 0 Å². The molecular formula is C21H22O4S2. The smallest absolute Gasteiger partial charge is 0.200 e. The maximum Gasteiger partial charge on any atom is 0.200 e. The molecule has 1 atom stereocenters. The van der Waals surface area contributed by atoms with Gasteiger partial charge in [0.05, 0.1) is 15.7 Å². The van der Waals surface area contributed by atoms with Crippen molar-refractivity contribution < 1.29 is 16.8 Å². The van der Waals surface area contributed by atoms with Crippen molar-refractivity contribution in [1.29, 1.82) is 0 Å². The quantitative estimate of drug-likeness (QED) is 0.731. The molecule has 142 valence electrons. The molecule has 0 heterocycles. The van der Waals surface area contributed by atoms with Gasteiger partial charge in [-0.1, -0.05) is 48.2 Å². The molecule has 0 saturated heterocycles. The van der Waals surface area contributed by atoms with E-state index in [-0.39, 0.29) is 21.6 Å². The molecular weight excluding hydrogens is 380 g/mol. The van der Waals surface area contributed by atoms with Crippen LogP contribution in [-0.4, -0.2) is 20.9 Å². The van der Waals surface area contributed by atoms with Crippen molar-refractivity contribution in [2.24, 2.45) is 11.3 Å². The standard InChI is InChI=1S/C21H22O4S2/c1-20(2,3)15-14-17-16-21(17,26(22,23)18-10-6-4-7-11-18)27(24,25)19-12-8-5-9-13-19/h4-13,17H,16H2,1-3H3/t17-/m0/s1. The average Bonchev–Trinajstić information content (AvgIpc) is 3.38. The number of hydrogen-bond acceptors (Lipinski definition) is 4. The van der Waals surface area contributed by atoms with E-state index >= 15 is 0 Å². The van der Waals surface area contributed by atoms with Crippen molar-refractivity contribution in [3.05, 3.63) is 60.7 Å². The van der Waals surface area contributed by atoms with Crippen LogP contribution in [0.4, 0.5) is 0 Å². The Morgan fingerprint density at radius 3 is 1.59 bits per heavy atom. The molecule has 1 aliphatic carbocycles. The van der Waals surface area contributed by atoms with Gasteiger partial charge in [-0.05, 0) is 51.5 Å². The highest BCUT2D eigenvalue weighted by Gasteiger charge is 2.72. The highest BCUT2D eigenvalue weighted by molar-refractivity contribution is 8.11. The Kier molecular flexibility index (Phi) is 4.73. The van der Waals surface area contributed by atoms with Crippen molar-refractivity contribution >= 4 is 19.7 Å². The Balaban J connectivity index is 2.20. The van der Waals surface area contributed by atoms with Gasteiger partial charge in [0.2, 0.25) is 0 Å². The molecule has 0 radical (unpaired) electrons. The minimum Gasteiger partial charge on any atom is -0.222 e. The van der Waals surface area contributed by atoms with E-state index in [9.17, 15) is 16.8 Å².